The maximum atomic E-state index is 12.3. The van der Waals surface area contributed by atoms with Gasteiger partial charge in [-0.25, -0.2) is 0 Å². The van der Waals surface area contributed by atoms with Crippen LogP contribution in [-0.2, 0) is 14.3 Å². The van der Waals surface area contributed by atoms with E-state index in [1.807, 2.05) is 6.92 Å². The summed E-state index contributed by atoms with van der Waals surface area (Å²) >= 11 is 0. The second kappa shape index (κ2) is 5.85. The molecule has 2 atom stereocenters. The molecule has 2 heterocycles. The predicted molar refractivity (Wildman–Crippen MR) is 77.6 cm³/mol. The van der Waals surface area contributed by atoms with E-state index in [9.17, 15) is 5.21 Å². The minimum absolute atomic E-state index is 0.274. The van der Waals surface area contributed by atoms with E-state index in [4.69, 9.17) is 14.3 Å². The summed E-state index contributed by atoms with van der Waals surface area (Å²) in [5.41, 5.74) is 0.0308. The third-order valence-electron chi connectivity index (χ3n) is 4.72. The van der Waals surface area contributed by atoms with Crippen LogP contribution >= 0.6 is 0 Å². The van der Waals surface area contributed by atoms with Gasteiger partial charge in [0, 0.05) is 36.8 Å². The molecule has 3 rings (SSSR count). The van der Waals surface area contributed by atoms with Gasteiger partial charge in [0.05, 0.1) is 19.8 Å². The normalized spacial score (nSPS) is 33.5. The number of morpholine rings is 1. The number of rotatable bonds is 4. The van der Waals surface area contributed by atoms with Gasteiger partial charge in [-0.15, -0.1) is 0 Å². The van der Waals surface area contributed by atoms with Gasteiger partial charge in [0.1, 0.15) is 5.76 Å². The Bertz CT molecular complexity index is 445. The third-order valence-corrected chi connectivity index (χ3v) is 4.72. The van der Waals surface area contributed by atoms with Crippen molar-refractivity contribution in [1.29, 1.82) is 0 Å². The Morgan fingerprint density at radius 1 is 1.52 bits per heavy atom. The van der Waals surface area contributed by atoms with Gasteiger partial charge in [-0.3, -0.25) is 10.1 Å². The van der Waals surface area contributed by atoms with Crippen molar-refractivity contribution < 1.29 is 19.2 Å². The Morgan fingerprint density at radius 3 is 3.00 bits per heavy atom. The molecule has 0 bridgehead atoms. The minimum Gasteiger partial charge on any atom is -0.496 e. The number of hydrogen-bond donors (Lipinski definition) is 0. The van der Waals surface area contributed by atoms with E-state index in [0.717, 1.165) is 49.4 Å². The average Bonchev–Trinajstić information content (AvgIpc) is 2.97. The summed E-state index contributed by atoms with van der Waals surface area (Å²) in [6.07, 6.45) is 3.69. The van der Waals surface area contributed by atoms with Crippen molar-refractivity contribution in [2.75, 3.05) is 32.9 Å². The largest absolute Gasteiger partial charge is 0.496 e. The monoisotopic (exact) mass is 296 g/mol. The first-order valence-electron chi connectivity index (χ1n) is 7.84. The maximum absolute atomic E-state index is 12.3. The molecule has 0 amide bonds. The molecule has 3 aliphatic rings. The lowest BCUT2D eigenvalue weighted by Gasteiger charge is -2.49. The summed E-state index contributed by atoms with van der Waals surface area (Å²) < 4.78 is 11.1. The highest BCUT2D eigenvalue weighted by Gasteiger charge is 2.51. The Labute approximate surface area is 125 Å². The number of nitrogens with zero attached hydrogens (tertiary/aromatic N) is 2. The quantitative estimate of drug-likeness (QED) is 0.583. The third kappa shape index (κ3) is 2.51. The zero-order chi connectivity index (χ0) is 14.9. The van der Waals surface area contributed by atoms with Crippen molar-refractivity contribution in [3.8, 4) is 0 Å². The molecule has 21 heavy (non-hydrogen) atoms. The molecule has 0 radical (unpaired) electrons. The lowest BCUT2D eigenvalue weighted by molar-refractivity contribution is -0.780. The average molecular weight is 296 g/mol. The van der Waals surface area contributed by atoms with Gasteiger partial charge >= 0.3 is 0 Å². The summed E-state index contributed by atoms with van der Waals surface area (Å²) in [4.78, 5) is 8.71. The van der Waals surface area contributed by atoms with E-state index in [1.165, 1.54) is 0 Å². The second-order valence-electron chi connectivity index (χ2n) is 5.87. The van der Waals surface area contributed by atoms with Crippen molar-refractivity contribution in [2.45, 2.75) is 38.3 Å². The van der Waals surface area contributed by atoms with E-state index < -0.39 is 5.72 Å². The highest BCUT2D eigenvalue weighted by molar-refractivity contribution is 5.84. The summed E-state index contributed by atoms with van der Waals surface area (Å²) in [5, 5.41) is 12.3. The van der Waals surface area contributed by atoms with E-state index in [2.05, 4.69) is 11.5 Å². The van der Waals surface area contributed by atoms with Gasteiger partial charge in [0.2, 0.25) is 5.71 Å². The van der Waals surface area contributed by atoms with E-state index in [-0.39, 0.29) is 5.92 Å². The molecule has 2 unspecified atom stereocenters. The van der Waals surface area contributed by atoms with E-state index >= 15 is 0 Å². The molecule has 1 saturated carbocycles. The summed E-state index contributed by atoms with van der Waals surface area (Å²) in [6.45, 7) is 9.24. The van der Waals surface area contributed by atoms with Crippen LogP contribution in [0.2, 0.25) is 0 Å². The Hall–Kier alpha value is -1.27. The molecule has 2 aliphatic heterocycles. The van der Waals surface area contributed by atoms with Gasteiger partial charge in [-0.2, -0.15) is 0 Å². The smallest absolute Gasteiger partial charge is 0.225 e. The molecule has 2 fully saturated rings. The van der Waals surface area contributed by atoms with Gasteiger partial charge in [-0.1, -0.05) is 6.58 Å². The van der Waals surface area contributed by atoms with Crippen LogP contribution in [0.25, 0.3) is 0 Å². The Kier molecular flexibility index (Phi) is 4.08. The molecule has 0 spiro atoms. The summed E-state index contributed by atoms with van der Waals surface area (Å²) in [5.74, 6) is 0.815. The van der Waals surface area contributed by atoms with Gasteiger partial charge in [0.15, 0.2) is 5.72 Å². The van der Waals surface area contributed by atoms with Crippen molar-refractivity contribution in [3.63, 3.8) is 0 Å². The standard InChI is InChI=1S/C15H24N2O4/c1-3-20-12(2)15(16-7-9-19-10-8-16)11-13-5-4-6-14(13)17(18)21-15/h13H,2-11H2,1H3. The summed E-state index contributed by atoms with van der Waals surface area (Å²) in [6, 6.07) is 0. The molecule has 1 aliphatic carbocycles. The van der Waals surface area contributed by atoms with Crippen molar-refractivity contribution in [3.05, 3.63) is 17.5 Å². The van der Waals surface area contributed by atoms with Gasteiger partial charge in [0.25, 0.3) is 0 Å². The van der Waals surface area contributed by atoms with Crippen LogP contribution in [0.1, 0.15) is 32.6 Å². The minimum atomic E-state index is -0.847. The van der Waals surface area contributed by atoms with Crippen LogP contribution in [0.15, 0.2) is 12.3 Å². The summed E-state index contributed by atoms with van der Waals surface area (Å²) in [7, 11) is 0. The predicted octanol–water partition coefficient (Wildman–Crippen LogP) is 1.65. The lowest BCUT2D eigenvalue weighted by atomic mass is 9.90. The lowest BCUT2D eigenvalue weighted by Crippen LogP contribution is -2.60. The Balaban J connectivity index is 1.91. The first kappa shape index (κ1) is 14.7. The van der Waals surface area contributed by atoms with Crippen LogP contribution in [0.3, 0.4) is 0 Å². The van der Waals surface area contributed by atoms with Crippen molar-refractivity contribution in [1.82, 2.24) is 4.90 Å². The van der Waals surface area contributed by atoms with Gasteiger partial charge < -0.3 is 14.3 Å². The molecule has 1 saturated heterocycles. The van der Waals surface area contributed by atoms with Crippen LogP contribution in [-0.4, -0.2) is 54.1 Å². The fourth-order valence-corrected chi connectivity index (χ4v) is 3.67. The van der Waals surface area contributed by atoms with Crippen LogP contribution in [0, 0.1) is 11.1 Å². The molecular formula is C15H24N2O4. The molecule has 0 aromatic rings. The van der Waals surface area contributed by atoms with Crippen molar-refractivity contribution in [2.24, 2.45) is 5.92 Å². The highest BCUT2D eigenvalue weighted by Crippen LogP contribution is 2.41. The number of ether oxygens (including phenoxy) is 2. The van der Waals surface area contributed by atoms with Crippen LogP contribution < -0.4 is 0 Å². The molecule has 118 valence electrons. The topological polar surface area (TPSA) is 57.0 Å². The first-order chi connectivity index (χ1) is 10.2. The van der Waals surface area contributed by atoms with E-state index in [0.29, 0.717) is 25.6 Å². The Morgan fingerprint density at radius 2 is 2.29 bits per heavy atom. The van der Waals surface area contributed by atoms with E-state index in [1.54, 1.807) is 0 Å². The van der Waals surface area contributed by atoms with Gasteiger partial charge in [-0.05, 0) is 19.8 Å². The molecule has 0 aromatic heterocycles. The number of fused-ring (bicyclic) bond motifs is 1. The zero-order valence-corrected chi connectivity index (χ0v) is 12.7. The maximum Gasteiger partial charge on any atom is 0.225 e. The molecular weight excluding hydrogens is 272 g/mol. The van der Waals surface area contributed by atoms with Crippen molar-refractivity contribution >= 4 is 5.71 Å². The fraction of sp³-hybridized carbons (Fsp3) is 0.800. The second-order valence-corrected chi connectivity index (χ2v) is 5.87. The number of hydrogen-bond acceptors (Lipinski definition) is 5. The SMILES string of the molecule is C=C(OCC)C1(N2CCOCC2)CC2CCCC2=[N+]([O-])O1. The van der Waals surface area contributed by atoms with Crippen LogP contribution in [0.5, 0.6) is 0 Å². The highest BCUT2D eigenvalue weighted by atomic mass is 16.9. The zero-order valence-electron chi connectivity index (χ0n) is 12.7. The first-order valence-corrected chi connectivity index (χ1v) is 7.84. The fourth-order valence-electron chi connectivity index (χ4n) is 3.67. The van der Waals surface area contributed by atoms with Crippen LogP contribution in [0.4, 0.5) is 0 Å². The molecule has 0 aromatic carbocycles. The molecule has 0 N–H and O–H groups in total. The molecule has 6 heteroatoms. The molecule has 6 nitrogen and oxygen atoms in total.